The summed E-state index contributed by atoms with van der Waals surface area (Å²) in [6, 6.07) is 0. The number of hydrogen-bond acceptors (Lipinski definition) is 13. The largest absolute Gasteiger partial charge is 0.472 e. The second-order valence-corrected chi connectivity index (χ2v) is 21.5. The van der Waals surface area contributed by atoms with Gasteiger partial charge in [-0.3, -0.25) is 27.7 Å². The molecule has 0 bridgehead atoms. The van der Waals surface area contributed by atoms with E-state index >= 15 is 0 Å². The highest BCUT2D eigenvalue weighted by Gasteiger charge is 2.28. The van der Waals surface area contributed by atoms with Gasteiger partial charge in [0.1, 0.15) is 31.5 Å². The Morgan fingerprint density at radius 2 is 0.588 bits per heavy atom. The third kappa shape index (κ3) is 49.7. The normalized spacial score (nSPS) is 15.0. The van der Waals surface area contributed by atoms with Gasteiger partial charge in [0.05, 0.1) is 26.4 Å². The van der Waals surface area contributed by atoms with Gasteiger partial charge in [-0.25, -0.2) is 9.13 Å². The molecule has 5 atom stereocenters. The molecule has 0 aromatic rings. The van der Waals surface area contributed by atoms with E-state index in [0.29, 0.717) is 12.8 Å². The lowest BCUT2D eigenvalue weighted by atomic mass is 10.0. The van der Waals surface area contributed by atoms with E-state index in [9.17, 15) is 43.8 Å². The number of unbranched alkanes of at least 4 members (excludes halogenated alkanes) is 31. The van der Waals surface area contributed by atoms with E-state index in [2.05, 4.69) is 35.0 Å². The number of carbonyl (C=O) groups excluding carboxylic acids is 2. The number of phosphoric ester groups is 2. The zero-order chi connectivity index (χ0) is 50.2. The summed E-state index contributed by atoms with van der Waals surface area (Å²) in [5, 5.41) is 30.1. The van der Waals surface area contributed by atoms with Crippen LogP contribution in [0.4, 0.5) is 0 Å². The molecular formula is C51H100O15P2. The van der Waals surface area contributed by atoms with Gasteiger partial charge in [0, 0.05) is 12.8 Å². The number of hydrogen-bond donors (Lipinski definition) is 5. The molecule has 0 amide bonds. The zero-order valence-corrected chi connectivity index (χ0v) is 44.6. The fourth-order valence-electron chi connectivity index (χ4n) is 7.50. The van der Waals surface area contributed by atoms with Crippen molar-refractivity contribution in [2.24, 2.45) is 0 Å². The number of phosphoric acid groups is 2. The lowest BCUT2D eigenvalue weighted by molar-refractivity contribution is -0.148. The topological polar surface area (TPSA) is 225 Å². The number of aliphatic hydroxyl groups excluding tert-OH is 3. The first-order valence-corrected chi connectivity index (χ1v) is 30.0. The average Bonchev–Trinajstić information content (AvgIpc) is 3.31. The van der Waals surface area contributed by atoms with Crippen molar-refractivity contribution in [3.63, 3.8) is 0 Å². The molecule has 0 saturated carbocycles. The predicted molar refractivity (Wildman–Crippen MR) is 270 cm³/mol. The molecule has 15 nitrogen and oxygen atoms in total. The van der Waals surface area contributed by atoms with E-state index in [0.717, 1.165) is 44.9 Å². The standard InChI is InChI=1S/C51H100O15P2/c1-3-5-7-9-11-13-15-17-19-20-21-22-23-24-26-28-30-32-34-36-38-40-51(56)62-42-48(53)44-64-68(59,60)66-46-49(54)45-65-67(57,58)63-43-47(52)41-61-50(55)39-37-35-33-31-29-27-25-18-16-14-12-10-8-6-4-2/h14,16,47-49,52-54H,3-13,15,17-46H2,1-2H3,(H,57,58)(H,59,60)/b16-14-. The van der Waals surface area contributed by atoms with Gasteiger partial charge in [-0.1, -0.05) is 206 Å². The summed E-state index contributed by atoms with van der Waals surface area (Å²) in [6.45, 7) is 0.463. The second kappa shape index (κ2) is 48.1. The van der Waals surface area contributed by atoms with Crippen molar-refractivity contribution in [3.05, 3.63) is 12.2 Å². The summed E-state index contributed by atoms with van der Waals surface area (Å²) < 4.78 is 53.1. The van der Waals surface area contributed by atoms with Crippen molar-refractivity contribution < 1.29 is 71.4 Å². The number of esters is 2. The Labute approximate surface area is 412 Å². The van der Waals surface area contributed by atoms with Crippen molar-refractivity contribution in [3.8, 4) is 0 Å². The fraction of sp³-hybridized carbons (Fsp3) is 0.922. The molecule has 0 aromatic heterocycles. The van der Waals surface area contributed by atoms with Gasteiger partial charge in [-0.2, -0.15) is 0 Å². The quantitative estimate of drug-likeness (QED) is 0.0165. The van der Waals surface area contributed by atoms with E-state index in [-0.39, 0.29) is 12.8 Å². The van der Waals surface area contributed by atoms with Crippen LogP contribution < -0.4 is 0 Å². The molecule has 0 aliphatic rings. The minimum atomic E-state index is -4.78. The van der Waals surface area contributed by atoms with Crippen LogP contribution in [-0.4, -0.2) is 95.0 Å². The van der Waals surface area contributed by atoms with Crippen molar-refractivity contribution in [2.75, 3.05) is 39.6 Å². The SMILES string of the molecule is CCCCCC/C=C\CCCCCCCCCC(=O)OCC(O)COP(=O)(O)OCC(O)COP(=O)(O)OCC(O)COC(=O)CCCCCCCCCCCCCCCCCCCCCCC. The maximum absolute atomic E-state index is 12.2. The lowest BCUT2D eigenvalue weighted by Crippen LogP contribution is -2.25. The molecule has 0 rings (SSSR count). The molecule has 0 aromatic carbocycles. The number of aliphatic hydroxyl groups is 3. The summed E-state index contributed by atoms with van der Waals surface area (Å²) in [4.78, 5) is 43.9. The Bertz CT molecular complexity index is 1270. The Hall–Kier alpha value is -1.22. The van der Waals surface area contributed by atoms with Crippen LogP contribution in [0.15, 0.2) is 12.2 Å². The molecule has 0 saturated heterocycles. The molecule has 5 N–H and O–H groups in total. The maximum Gasteiger partial charge on any atom is 0.472 e. The van der Waals surface area contributed by atoms with Crippen LogP contribution in [0.1, 0.15) is 245 Å². The Morgan fingerprint density at radius 1 is 0.368 bits per heavy atom. The zero-order valence-electron chi connectivity index (χ0n) is 42.8. The Kier molecular flexibility index (Phi) is 47.2. The second-order valence-electron chi connectivity index (χ2n) is 18.6. The molecular weight excluding hydrogens is 914 g/mol. The van der Waals surface area contributed by atoms with Crippen LogP contribution in [0, 0.1) is 0 Å². The van der Waals surface area contributed by atoms with Crippen LogP contribution in [0.3, 0.4) is 0 Å². The van der Waals surface area contributed by atoms with Crippen molar-refractivity contribution >= 4 is 27.6 Å². The molecule has 68 heavy (non-hydrogen) atoms. The summed E-state index contributed by atoms with van der Waals surface area (Å²) in [5.74, 6) is -0.988. The van der Waals surface area contributed by atoms with Crippen LogP contribution >= 0.6 is 15.6 Å². The third-order valence-electron chi connectivity index (χ3n) is 11.7. The highest BCUT2D eigenvalue weighted by molar-refractivity contribution is 7.47. The summed E-state index contributed by atoms with van der Waals surface area (Å²) in [6.07, 6.45) is 42.0. The number of ether oxygens (including phenoxy) is 2. The third-order valence-corrected chi connectivity index (χ3v) is 13.6. The highest BCUT2D eigenvalue weighted by Crippen LogP contribution is 2.45. The molecule has 5 unspecified atom stereocenters. The molecule has 17 heteroatoms. The van der Waals surface area contributed by atoms with Gasteiger partial charge in [0.15, 0.2) is 0 Å². The van der Waals surface area contributed by atoms with Crippen LogP contribution in [0.5, 0.6) is 0 Å². The van der Waals surface area contributed by atoms with Gasteiger partial charge in [-0.15, -0.1) is 0 Å². The fourth-order valence-corrected chi connectivity index (χ4v) is 9.09. The Balaban J connectivity index is 3.80. The number of rotatable bonds is 53. The molecule has 0 aliphatic carbocycles. The molecule has 0 heterocycles. The van der Waals surface area contributed by atoms with Crippen molar-refractivity contribution in [2.45, 2.75) is 263 Å². The molecule has 0 aliphatic heterocycles. The Morgan fingerprint density at radius 3 is 0.868 bits per heavy atom. The van der Waals surface area contributed by atoms with Gasteiger partial charge in [0.2, 0.25) is 0 Å². The average molecular weight is 1020 g/mol. The van der Waals surface area contributed by atoms with Gasteiger partial charge < -0.3 is 34.6 Å². The van der Waals surface area contributed by atoms with E-state index in [1.807, 2.05) is 0 Å². The molecule has 0 radical (unpaired) electrons. The van der Waals surface area contributed by atoms with Crippen molar-refractivity contribution in [1.82, 2.24) is 0 Å². The lowest BCUT2D eigenvalue weighted by Gasteiger charge is -2.19. The predicted octanol–water partition coefficient (Wildman–Crippen LogP) is 13.1. The monoisotopic (exact) mass is 1010 g/mol. The minimum absolute atomic E-state index is 0.194. The first kappa shape index (κ1) is 66.8. The number of carbonyl (C=O) groups is 2. The highest BCUT2D eigenvalue weighted by atomic mass is 31.2. The number of allylic oxidation sites excluding steroid dienone is 2. The van der Waals surface area contributed by atoms with E-state index in [1.54, 1.807) is 0 Å². The summed E-state index contributed by atoms with van der Waals surface area (Å²) >= 11 is 0. The molecule has 404 valence electrons. The first-order chi connectivity index (χ1) is 32.8. The van der Waals surface area contributed by atoms with E-state index in [4.69, 9.17) is 18.5 Å². The smallest absolute Gasteiger partial charge is 0.463 e. The molecule has 0 fully saturated rings. The van der Waals surface area contributed by atoms with Gasteiger partial charge in [-0.05, 0) is 38.5 Å². The maximum atomic E-state index is 12.2. The summed E-state index contributed by atoms with van der Waals surface area (Å²) in [7, 11) is -9.57. The summed E-state index contributed by atoms with van der Waals surface area (Å²) in [5.41, 5.74) is 0. The minimum Gasteiger partial charge on any atom is -0.463 e. The first-order valence-electron chi connectivity index (χ1n) is 27.0. The van der Waals surface area contributed by atoms with Crippen LogP contribution in [0.25, 0.3) is 0 Å². The van der Waals surface area contributed by atoms with Crippen LogP contribution in [-0.2, 0) is 46.3 Å². The van der Waals surface area contributed by atoms with Gasteiger partial charge >= 0.3 is 27.6 Å². The molecule has 0 spiro atoms. The van der Waals surface area contributed by atoms with Crippen molar-refractivity contribution in [1.29, 1.82) is 0 Å². The van der Waals surface area contributed by atoms with E-state index in [1.165, 1.54) is 161 Å². The van der Waals surface area contributed by atoms with Crippen LogP contribution in [0.2, 0.25) is 0 Å². The van der Waals surface area contributed by atoms with E-state index < -0.39 is 85.5 Å². The van der Waals surface area contributed by atoms with Gasteiger partial charge in [0.25, 0.3) is 0 Å².